The highest BCUT2D eigenvalue weighted by Gasteiger charge is 2.41. The zero-order chi connectivity index (χ0) is 17.2. The van der Waals surface area contributed by atoms with Crippen molar-refractivity contribution in [1.29, 1.82) is 0 Å². The number of ether oxygens (including phenoxy) is 2. The SMILES string of the molecule is O=C(O)[C@H]1[C@H](CCc2ccccn2)NC[C@@H]1c1ccc2c(c1)OCO2. The Bertz CT molecular complexity index is 765. The zero-order valence-corrected chi connectivity index (χ0v) is 13.7. The number of pyridine rings is 1. The van der Waals surface area contributed by atoms with Gasteiger partial charge in [0.05, 0.1) is 5.92 Å². The third-order valence-electron chi connectivity index (χ3n) is 5.01. The molecule has 0 radical (unpaired) electrons. The summed E-state index contributed by atoms with van der Waals surface area (Å²) in [6.45, 7) is 0.861. The second-order valence-electron chi connectivity index (χ2n) is 6.46. The van der Waals surface area contributed by atoms with Gasteiger partial charge in [0.15, 0.2) is 11.5 Å². The summed E-state index contributed by atoms with van der Waals surface area (Å²) in [4.78, 5) is 16.2. The van der Waals surface area contributed by atoms with E-state index in [1.807, 2.05) is 36.4 Å². The number of aliphatic carboxylic acids is 1. The summed E-state index contributed by atoms with van der Waals surface area (Å²) >= 11 is 0. The van der Waals surface area contributed by atoms with Crippen molar-refractivity contribution in [3.05, 3.63) is 53.9 Å². The van der Waals surface area contributed by atoms with Gasteiger partial charge in [-0.15, -0.1) is 0 Å². The first-order chi connectivity index (χ1) is 12.2. The number of rotatable bonds is 5. The molecule has 6 nitrogen and oxygen atoms in total. The van der Waals surface area contributed by atoms with Gasteiger partial charge >= 0.3 is 5.97 Å². The van der Waals surface area contributed by atoms with Crippen LogP contribution in [0.2, 0.25) is 0 Å². The molecule has 1 aromatic carbocycles. The predicted molar refractivity (Wildman–Crippen MR) is 90.8 cm³/mol. The van der Waals surface area contributed by atoms with Crippen LogP contribution in [0.1, 0.15) is 23.6 Å². The second-order valence-corrected chi connectivity index (χ2v) is 6.46. The molecule has 0 spiro atoms. The molecule has 0 amide bonds. The molecule has 1 aromatic heterocycles. The summed E-state index contributed by atoms with van der Waals surface area (Å²) in [5.41, 5.74) is 1.96. The number of fused-ring (bicyclic) bond motifs is 1. The van der Waals surface area contributed by atoms with Crippen molar-refractivity contribution in [3.8, 4) is 11.5 Å². The van der Waals surface area contributed by atoms with Crippen LogP contribution in [0, 0.1) is 5.92 Å². The van der Waals surface area contributed by atoms with E-state index in [0.29, 0.717) is 18.0 Å². The van der Waals surface area contributed by atoms with Gasteiger partial charge in [-0.05, 0) is 42.7 Å². The van der Waals surface area contributed by atoms with Gasteiger partial charge in [-0.3, -0.25) is 9.78 Å². The van der Waals surface area contributed by atoms with Crippen LogP contribution < -0.4 is 14.8 Å². The van der Waals surface area contributed by atoms with E-state index in [1.54, 1.807) is 6.20 Å². The van der Waals surface area contributed by atoms with E-state index in [-0.39, 0.29) is 18.8 Å². The van der Waals surface area contributed by atoms with Gasteiger partial charge in [-0.1, -0.05) is 12.1 Å². The standard InChI is InChI=1S/C19H20N2O4/c22-19(23)18-14(12-4-7-16-17(9-12)25-11-24-16)10-21-15(18)6-5-13-3-1-2-8-20-13/h1-4,7-9,14-15,18,21H,5-6,10-11H2,(H,22,23)/t14-,15+,18-/m1/s1. The average molecular weight is 340 g/mol. The molecule has 4 rings (SSSR count). The Hall–Kier alpha value is -2.60. The molecular weight excluding hydrogens is 320 g/mol. The van der Waals surface area contributed by atoms with Crippen molar-refractivity contribution in [2.24, 2.45) is 5.92 Å². The van der Waals surface area contributed by atoms with Gasteiger partial charge in [-0.25, -0.2) is 0 Å². The van der Waals surface area contributed by atoms with Gasteiger partial charge in [0, 0.05) is 30.4 Å². The minimum absolute atomic E-state index is 0.0741. The van der Waals surface area contributed by atoms with Gasteiger partial charge in [0.2, 0.25) is 6.79 Å². The fourth-order valence-electron chi connectivity index (χ4n) is 3.76. The predicted octanol–water partition coefficient (Wildman–Crippen LogP) is 2.20. The van der Waals surface area contributed by atoms with E-state index in [4.69, 9.17) is 9.47 Å². The molecule has 2 aliphatic heterocycles. The number of hydrogen-bond donors (Lipinski definition) is 2. The Morgan fingerprint density at radius 2 is 2.12 bits per heavy atom. The fourth-order valence-corrected chi connectivity index (χ4v) is 3.76. The van der Waals surface area contributed by atoms with E-state index in [2.05, 4.69) is 10.3 Å². The first-order valence-corrected chi connectivity index (χ1v) is 8.48. The molecule has 3 atom stereocenters. The lowest BCUT2D eigenvalue weighted by Crippen LogP contribution is -2.33. The lowest BCUT2D eigenvalue weighted by Gasteiger charge is -2.20. The van der Waals surface area contributed by atoms with E-state index >= 15 is 0 Å². The Kier molecular flexibility index (Phi) is 4.28. The van der Waals surface area contributed by atoms with Crippen molar-refractivity contribution >= 4 is 5.97 Å². The molecule has 2 aromatic rings. The maximum Gasteiger partial charge on any atom is 0.308 e. The van der Waals surface area contributed by atoms with E-state index in [0.717, 1.165) is 24.1 Å². The van der Waals surface area contributed by atoms with Crippen LogP contribution in [-0.2, 0) is 11.2 Å². The number of nitrogens with zero attached hydrogens (tertiary/aromatic N) is 1. The monoisotopic (exact) mass is 340 g/mol. The molecule has 1 saturated heterocycles. The van der Waals surface area contributed by atoms with Crippen molar-refractivity contribution in [2.75, 3.05) is 13.3 Å². The summed E-state index contributed by atoms with van der Waals surface area (Å²) in [6.07, 6.45) is 3.27. The second kappa shape index (κ2) is 6.72. The highest BCUT2D eigenvalue weighted by atomic mass is 16.7. The summed E-state index contributed by atoms with van der Waals surface area (Å²) < 4.78 is 10.8. The number of aromatic nitrogens is 1. The summed E-state index contributed by atoms with van der Waals surface area (Å²) in [5, 5.41) is 13.2. The minimum Gasteiger partial charge on any atom is -0.481 e. The maximum absolute atomic E-state index is 11.9. The number of nitrogens with one attached hydrogen (secondary N) is 1. The Morgan fingerprint density at radius 1 is 1.24 bits per heavy atom. The lowest BCUT2D eigenvalue weighted by molar-refractivity contribution is -0.142. The van der Waals surface area contributed by atoms with Crippen molar-refractivity contribution < 1.29 is 19.4 Å². The topological polar surface area (TPSA) is 80.7 Å². The average Bonchev–Trinajstić information content (AvgIpc) is 3.26. The number of carbonyl (C=O) groups is 1. The van der Waals surface area contributed by atoms with Crippen molar-refractivity contribution in [3.63, 3.8) is 0 Å². The van der Waals surface area contributed by atoms with Gasteiger partial charge in [0.25, 0.3) is 0 Å². The number of hydrogen-bond acceptors (Lipinski definition) is 5. The van der Waals surface area contributed by atoms with Crippen LogP contribution in [-0.4, -0.2) is 35.4 Å². The molecular formula is C19H20N2O4. The molecule has 2 N–H and O–H groups in total. The zero-order valence-electron chi connectivity index (χ0n) is 13.7. The third kappa shape index (κ3) is 3.17. The molecule has 130 valence electrons. The molecule has 0 unspecified atom stereocenters. The summed E-state index contributed by atoms with van der Waals surface area (Å²) in [5.74, 6) is 0.0929. The van der Waals surface area contributed by atoms with E-state index in [9.17, 15) is 9.90 Å². The maximum atomic E-state index is 11.9. The normalized spacial score (nSPS) is 24.4. The first-order valence-electron chi connectivity index (χ1n) is 8.48. The van der Waals surface area contributed by atoms with Crippen molar-refractivity contribution in [2.45, 2.75) is 24.8 Å². The number of carboxylic acid groups (broad SMARTS) is 1. The van der Waals surface area contributed by atoms with Crippen molar-refractivity contribution in [1.82, 2.24) is 10.3 Å². The molecule has 0 bridgehead atoms. The Balaban J connectivity index is 1.50. The highest BCUT2D eigenvalue weighted by molar-refractivity contribution is 5.73. The van der Waals surface area contributed by atoms with Crippen LogP contribution in [0.4, 0.5) is 0 Å². The molecule has 0 saturated carbocycles. The molecule has 1 fully saturated rings. The van der Waals surface area contributed by atoms with E-state index in [1.165, 1.54) is 0 Å². The quantitative estimate of drug-likeness (QED) is 0.868. The number of carboxylic acids is 1. The number of aryl methyl sites for hydroxylation is 1. The van der Waals surface area contributed by atoms with Gasteiger partial charge in [-0.2, -0.15) is 0 Å². The van der Waals surface area contributed by atoms with E-state index < -0.39 is 11.9 Å². The Morgan fingerprint density at radius 3 is 2.92 bits per heavy atom. The first kappa shape index (κ1) is 15.9. The largest absolute Gasteiger partial charge is 0.481 e. The van der Waals surface area contributed by atoms with Crippen LogP contribution in [0.25, 0.3) is 0 Å². The van der Waals surface area contributed by atoms with Crippen LogP contribution in [0.3, 0.4) is 0 Å². The molecule has 6 heteroatoms. The Labute approximate surface area is 145 Å². The molecule has 0 aliphatic carbocycles. The fraction of sp³-hybridized carbons (Fsp3) is 0.368. The molecule has 3 heterocycles. The van der Waals surface area contributed by atoms with Gasteiger partial charge < -0.3 is 19.9 Å². The molecule has 25 heavy (non-hydrogen) atoms. The third-order valence-corrected chi connectivity index (χ3v) is 5.01. The van der Waals surface area contributed by atoms with Crippen LogP contribution >= 0.6 is 0 Å². The molecule has 2 aliphatic rings. The van der Waals surface area contributed by atoms with Gasteiger partial charge in [0.1, 0.15) is 0 Å². The smallest absolute Gasteiger partial charge is 0.308 e. The number of benzene rings is 1. The van der Waals surface area contributed by atoms with Crippen LogP contribution in [0.5, 0.6) is 11.5 Å². The summed E-state index contributed by atoms with van der Waals surface area (Å²) in [6, 6.07) is 11.4. The summed E-state index contributed by atoms with van der Waals surface area (Å²) in [7, 11) is 0. The lowest BCUT2D eigenvalue weighted by atomic mass is 9.83. The van der Waals surface area contributed by atoms with Crippen LogP contribution in [0.15, 0.2) is 42.6 Å². The highest BCUT2D eigenvalue weighted by Crippen LogP contribution is 2.39. The minimum atomic E-state index is -0.765.